The van der Waals surface area contributed by atoms with Gasteiger partial charge in [-0.25, -0.2) is 0 Å². The maximum absolute atomic E-state index is 13.1. The summed E-state index contributed by atoms with van der Waals surface area (Å²) < 4.78 is 11.6. The van der Waals surface area contributed by atoms with Gasteiger partial charge in [0.1, 0.15) is 6.10 Å². The van der Waals surface area contributed by atoms with E-state index in [1.54, 1.807) is 0 Å². The summed E-state index contributed by atoms with van der Waals surface area (Å²) in [7, 11) is 4.06. The minimum absolute atomic E-state index is 0.0475. The van der Waals surface area contributed by atoms with Gasteiger partial charge in [-0.3, -0.25) is 9.59 Å². The van der Waals surface area contributed by atoms with Crippen LogP contribution in [0.15, 0.2) is 12.2 Å². The molecule has 0 bridgehead atoms. The summed E-state index contributed by atoms with van der Waals surface area (Å²) in [6.07, 6.45) is 33.2. The van der Waals surface area contributed by atoms with Crippen molar-refractivity contribution in [1.82, 2.24) is 9.80 Å². The standard InChI is InChI=1S/C43H84N2O5S/c1-6-9-12-15-18-21-30-38-49-41(46)33-26-22-28-35-45(43(48)51-39-37-44(4)5)36-29-23-27-34-42(47)50-40(31-24-19-16-13-10-7-2)32-25-20-17-14-11-8-3/h21,30,40-41,46H,6-20,22-29,31-39H2,1-5H3/b30-21-. The first-order valence-corrected chi connectivity index (χ1v) is 22.5. The predicted molar refractivity (Wildman–Crippen MR) is 221 cm³/mol. The van der Waals surface area contributed by atoms with Crippen molar-refractivity contribution in [2.45, 2.75) is 207 Å². The molecule has 0 radical (unpaired) electrons. The van der Waals surface area contributed by atoms with Gasteiger partial charge in [0.05, 0.1) is 6.61 Å². The van der Waals surface area contributed by atoms with E-state index in [2.05, 4.69) is 31.7 Å². The second-order valence-corrected chi connectivity index (χ2v) is 15.9. The third kappa shape index (κ3) is 35.7. The molecular weight excluding hydrogens is 657 g/mol. The number of carbonyl (C=O) groups is 2. The Bertz CT molecular complexity index is 780. The molecule has 1 N–H and O–H groups in total. The van der Waals surface area contributed by atoms with Gasteiger partial charge >= 0.3 is 5.97 Å². The van der Waals surface area contributed by atoms with Crippen LogP contribution >= 0.6 is 11.8 Å². The van der Waals surface area contributed by atoms with Gasteiger partial charge in [-0.1, -0.05) is 141 Å². The normalized spacial score (nSPS) is 12.4. The number of hydrogen-bond donors (Lipinski definition) is 1. The van der Waals surface area contributed by atoms with E-state index >= 15 is 0 Å². The molecule has 1 atom stereocenters. The van der Waals surface area contributed by atoms with E-state index in [0.29, 0.717) is 19.4 Å². The number of amides is 1. The predicted octanol–water partition coefficient (Wildman–Crippen LogP) is 12.1. The SMILES string of the molecule is CCCCCC/C=C\COC(O)CCCCCN(CCCCCC(=O)OC(CCCCCCCC)CCCCCCCC)C(=O)SCCN(C)C. The molecule has 0 fully saturated rings. The highest BCUT2D eigenvalue weighted by Gasteiger charge is 2.16. The maximum Gasteiger partial charge on any atom is 0.306 e. The van der Waals surface area contributed by atoms with E-state index in [-0.39, 0.29) is 17.3 Å². The van der Waals surface area contributed by atoms with Crippen LogP contribution in [0, 0.1) is 0 Å². The average molecular weight is 741 g/mol. The number of ether oxygens (including phenoxy) is 2. The van der Waals surface area contributed by atoms with Gasteiger partial charge in [0.15, 0.2) is 6.29 Å². The summed E-state index contributed by atoms with van der Waals surface area (Å²) in [5, 5.41) is 10.3. The number of carbonyl (C=O) groups excluding carboxylic acids is 2. The minimum atomic E-state index is -0.734. The van der Waals surface area contributed by atoms with Gasteiger partial charge < -0.3 is 24.4 Å². The van der Waals surface area contributed by atoms with Crippen molar-refractivity contribution >= 4 is 23.0 Å². The molecule has 51 heavy (non-hydrogen) atoms. The van der Waals surface area contributed by atoms with Crippen molar-refractivity contribution in [2.24, 2.45) is 0 Å². The number of hydrogen-bond acceptors (Lipinski definition) is 7. The van der Waals surface area contributed by atoms with Crippen molar-refractivity contribution in [3.8, 4) is 0 Å². The second kappa shape index (κ2) is 38.6. The van der Waals surface area contributed by atoms with Gasteiger partial charge in [-0.15, -0.1) is 0 Å². The van der Waals surface area contributed by atoms with Gasteiger partial charge in [0, 0.05) is 31.8 Å². The highest BCUT2D eigenvalue weighted by atomic mass is 32.2. The molecule has 0 heterocycles. The second-order valence-electron chi connectivity index (χ2n) is 14.9. The van der Waals surface area contributed by atoms with E-state index in [0.717, 1.165) is 96.0 Å². The molecule has 0 aromatic carbocycles. The van der Waals surface area contributed by atoms with Crippen LogP contribution in [0.2, 0.25) is 0 Å². The minimum Gasteiger partial charge on any atom is -0.462 e. The zero-order valence-electron chi connectivity index (χ0n) is 34.3. The van der Waals surface area contributed by atoms with Crippen LogP contribution in [0.1, 0.15) is 194 Å². The molecule has 0 aromatic rings. The summed E-state index contributed by atoms with van der Waals surface area (Å²) in [5.74, 6) is 0.734. The van der Waals surface area contributed by atoms with Crippen molar-refractivity contribution < 1.29 is 24.2 Å². The van der Waals surface area contributed by atoms with Crippen LogP contribution in [-0.4, -0.2) is 84.6 Å². The molecule has 7 nitrogen and oxygen atoms in total. The Hall–Kier alpha value is -1.09. The quantitative estimate of drug-likeness (QED) is 0.0292. The van der Waals surface area contributed by atoms with Crippen molar-refractivity contribution in [3.63, 3.8) is 0 Å². The summed E-state index contributed by atoms with van der Waals surface area (Å²) >= 11 is 1.40. The molecule has 8 heteroatoms. The van der Waals surface area contributed by atoms with Gasteiger partial charge in [-0.2, -0.15) is 0 Å². The fourth-order valence-corrected chi connectivity index (χ4v) is 7.18. The Labute approximate surface area is 320 Å². The Morgan fingerprint density at radius 2 is 1.14 bits per heavy atom. The lowest BCUT2D eigenvalue weighted by molar-refractivity contribution is -0.150. The third-order valence-corrected chi connectivity index (χ3v) is 10.4. The number of thioether (sulfide) groups is 1. The third-order valence-electron chi connectivity index (χ3n) is 9.54. The van der Waals surface area contributed by atoms with E-state index in [1.807, 2.05) is 25.1 Å². The Morgan fingerprint density at radius 1 is 0.627 bits per heavy atom. The van der Waals surface area contributed by atoms with Crippen LogP contribution in [0.25, 0.3) is 0 Å². The van der Waals surface area contributed by atoms with Gasteiger partial charge in [-0.05, 0) is 84.7 Å². The number of esters is 1. The highest BCUT2D eigenvalue weighted by molar-refractivity contribution is 8.13. The number of rotatable bonds is 38. The van der Waals surface area contributed by atoms with E-state index in [9.17, 15) is 14.7 Å². The zero-order chi connectivity index (χ0) is 37.6. The number of nitrogens with zero attached hydrogens (tertiary/aromatic N) is 2. The molecular formula is C43H84N2O5S. The van der Waals surface area contributed by atoms with Crippen molar-refractivity contribution in [1.29, 1.82) is 0 Å². The monoisotopic (exact) mass is 741 g/mol. The van der Waals surface area contributed by atoms with E-state index in [4.69, 9.17) is 9.47 Å². The molecule has 0 saturated heterocycles. The lowest BCUT2D eigenvalue weighted by Crippen LogP contribution is -2.31. The zero-order valence-corrected chi connectivity index (χ0v) is 35.1. The molecule has 1 amide bonds. The van der Waals surface area contributed by atoms with Crippen LogP contribution in [0.3, 0.4) is 0 Å². The molecule has 0 rings (SSSR count). The van der Waals surface area contributed by atoms with Crippen LogP contribution in [-0.2, 0) is 14.3 Å². The smallest absolute Gasteiger partial charge is 0.306 e. The highest BCUT2D eigenvalue weighted by Crippen LogP contribution is 2.19. The molecule has 1 unspecified atom stereocenters. The van der Waals surface area contributed by atoms with E-state index in [1.165, 1.54) is 102 Å². The number of allylic oxidation sites excluding steroid dienone is 1. The lowest BCUT2D eigenvalue weighted by Gasteiger charge is -2.23. The molecule has 0 aliphatic rings. The first-order valence-electron chi connectivity index (χ1n) is 21.5. The molecule has 0 aromatic heterocycles. The van der Waals surface area contributed by atoms with Crippen molar-refractivity contribution in [3.05, 3.63) is 12.2 Å². The molecule has 0 aliphatic carbocycles. The average Bonchev–Trinajstić information content (AvgIpc) is 3.10. The summed E-state index contributed by atoms with van der Waals surface area (Å²) in [4.78, 5) is 30.0. The Kier molecular flexibility index (Phi) is 37.8. The molecule has 0 aliphatic heterocycles. The lowest BCUT2D eigenvalue weighted by atomic mass is 10.0. The first kappa shape index (κ1) is 49.9. The Morgan fingerprint density at radius 3 is 1.73 bits per heavy atom. The summed E-state index contributed by atoms with van der Waals surface area (Å²) in [5.41, 5.74) is 0. The number of aliphatic hydroxyl groups excluding tert-OH is 1. The van der Waals surface area contributed by atoms with Crippen LogP contribution in [0.5, 0.6) is 0 Å². The number of unbranched alkanes of at least 4 members (excludes halogenated alkanes) is 18. The van der Waals surface area contributed by atoms with Crippen LogP contribution in [0.4, 0.5) is 4.79 Å². The summed E-state index contributed by atoms with van der Waals surface area (Å²) in [6, 6.07) is 0. The molecule has 0 spiro atoms. The Balaban J connectivity index is 4.54. The van der Waals surface area contributed by atoms with Gasteiger partial charge in [0.25, 0.3) is 5.24 Å². The fraction of sp³-hybridized carbons (Fsp3) is 0.907. The largest absolute Gasteiger partial charge is 0.462 e. The van der Waals surface area contributed by atoms with Gasteiger partial charge in [0.2, 0.25) is 0 Å². The van der Waals surface area contributed by atoms with E-state index < -0.39 is 6.29 Å². The topological polar surface area (TPSA) is 79.3 Å². The fourth-order valence-electron chi connectivity index (χ4n) is 6.18. The van der Waals surface area contributed by atoms with Crippen molar-refractivity contribution in [2.75, 3.05) is 46.1 Å². The van der Waals surface area contributed by atoms with Crippen LogP contribution < -0.4 is 0 Å². The maximum atomic E-state index is 13.1. The first-order chi connectivity index (χ1) is 24.8. The molecule has 0 saturated carbocycles. The molecule has 302 valence electrons. The number of aliphatic hydroxyl groups is 1. The summed E-state index contributed by atoms with van der Waals surface area (Å²) in [6.45, 7) is 9.50.